The number of urea groups is 1. The Balaban J connectivity index is 1.41. The Bertz CT molecular complexity index is 1010. The summed E-state index contributed by atoms with van der Waals surface area (Å²) in [6.07, 6.45) is 1.90. The van der Waals surface area contributed by atoms with E-state index >= 15 is 0 Å². The number of amides is 4. The topological polar surface area (TPSA) is 76.3 Å². The molecule has 3 heterocycles. The van der Waals surface area contributed by atoms with Gasteiger partial charge in [-0.25, -0.2) is 18.2 Å². The second-order valence-corrected chi connectivity index (χ2v) is 8.92. The van der Waals surface area contributed by atoms with Crippen LogP contribution in [0.1, 0.15) is 17.2 Å². The fourth-order valence-corrected chi connectivity index (χ4v) is 5.20. The number of amidine groups is 1. The van der Waals surface area contributed by atoms with Crippen molar-refractivity contribution in [3.8, 4) is 0 Å². The minimum Gasteiger partial charge on any atom is -0.338 e. The van der Waals surface area contributed by atoms with Gasteiger partial charge in [0, 0.05) is 43.8 Å². The fourth-order valence-electron chi connectivity index (χ4n) is 3.96. The number of likely N-dealkylation sites (N-methyl/N-ethyl adjacent to an activating group) is 2. The lowest BCUT2D eigenvalue weighted by atomic mass is 10.1. The molecule has 0 aliphatic carbocycles. The average Bonchev–Trinajstić information content (AvgIpc) is 3.00. The standard InChI is InChI=1S/C20H22F2N5O3S/c1-24-18-17(19(29)25(2)20(24)30)27(11-23-18)10-16(28)26-6-5-15(31-8-7-26)13-9-12(21)3-4-14(13)22/h3-4,9,11,15,17H,5-8,10H2,1-2H3/q+1. The highest BCUT2D eigenvalue weighted by Gasteiger charge is 2.51. The quantitative estimate of drug-likeness (QED) is 0.651. The summed E-state index contributed by atoms with van der Waals surface area (Å²) < 4.78 is 29.2. The number of hydrogen-bond donors (Lipinski definition) is 0. The lowest BCUT2D eigenvalue weighted by molar-refractivity contribution is -0.520. The normalized spacial score (nSPS) is 24.1. The Labute approximate surface area is 182 Å². The molecule has 8 nitrogen and oxygen atoms in total. The van der Waals surface area contributed by atoms with Crippen molar-refractivity contribution in [1.29, 1.82) is 0 Å². The van der Waals surface area contributed by atoms with Gasteiger partial charge in [0.25, 0.3) is 30.0 Å². The molecule has 0 spiro atoms. The van der Waals surface area contributed by atoms with Gasteiger partial charge >= 0.3 is 6.03 Å². The van der Waals surface area contributed by atoms with E-state index in [1.165, 1.54) is 47.7 Å². The molecule has 3 aliphatic heterocycles. The zero-order valence-corrected chi connectivity index (χ0v) is 17.9. The lowest BCUT2D eigenvalue weighted by Crippen LogP contribution is -2.62. The van der Waals surface area contributed by atoms with Crippen LogP contribution in [0.2, 0.25) is 0 Å². The minimum absolute atomic E-state index is 0.0665. The second-order valence-electron chi connectivity index (χ2n) is 7.61. The Kier molecular flexibility index (Phi) is 5.78. The molecule has 3 aliphatic rings. The number of hydrogen-bond acceptors (Lipinski definition) is 5. The molecule has 164 valence electrons. The predicted octanol–water partition coefficient (Wildman–Crippen LogP) is 1.32. The number of nitrogens with zero attached hydrogens (tertiary/aromatic N) is 5. The second kappa shape index (κ2) is 8.37. The molecular formula is C20H22F2N5O3S+. The van der Waals surface area contributed by atoms with E-state index in [4.69, 9.17) is 0 Å². The summed E-state index contributed by atoms with van der Waals surface area (Å²) in [6, 6.07) is 2.15. The zero-order valence-electron chi connectivity index (χ0n) is 17.1. The van der Waals surface area contributed by atoms with Crippen LogP contribution in [-0.4, -0.2) is 94.8 Å². The van der Waals surface area contributed by atoms with Gasteiger partial charge in [0.1, 0.15) is 11.6 Å². The third-order valence-corrected chi connectivity index (χ3v) is 7.02. The van der Waals surface area contributed by atoms with Crippen LogP contribution >= 0.6 is 11.8 Å². The molecule has 2 fully saturated rings. The van der Waals surface area contributed by atoms with Gasteiger partial charge in [-0.2, -0.15) is 11.8 Å². The number of halogens is 2. The summed E-state index contributed by atoms with van der Waals surface area (Å²) in [5.41, 5.74) is 0.314. The van der Waals surface area contributed by atoms with Gasteiger partial charge in [-0.1, -0.05) is 0 Å². The highest BCUT2D eigenvalue weighted by atomic mass is 32.2. The molecular weight excluding hydrogens is 428 g/mol. The van der Waals surface area contributed by atoms with E-state index in [0.717, 1.165) is 17.0 Å². The average molecular weight is 450 g/mol. The van der Waals surface area contributed by atoms with Gasteiger partial charge in [0.2, 0.25) is 0 Å². The van der Waals surface area contributed by atoms with E-state index in [9.17, 15) is 23.2 Å². The van der Waals surface area contributed by atoms with Gasteiger partial charge in [0.15, 0.2) is 6.54 Å². The SMILES string of the molecule is CN1C(=O)C2C(=NC=[N+]2CC(=O)N2CCSC(c3cc(F)ccc3F)CC2)N(C)C1=O. The fraction of sp³-hybridized carbons (Fsp3) is 0.450. The van der Waals surface area contributed by atoms with Gasteiger partial charge < -0.3 is 4.90 Å². The number of carbonyl (C=O) groups is 3. The van der Waals surface area contributed by atoms with E-state index in [1.807, 2.05) is 0 Å². The molecule has 0 aromatic heterocycles. The van der Waals surface area contributed by atoms with Crippen molar-refractivity contribution in [2.75, 3.05) is 39.5 Å². The van der Waals surface area contributed by atoms with Crippen molar-refractivity contribution in [3.63, 3.8) is 0 Å². The maximum absolute atomic E-state index is 14.2. The maximum Gasteiger partial charge on any atom is 0.333 e. The number of imide groups is 1. The van der Waals surface area contributed by atoms with Gasteiger partial charge in [-0.3, -0.25) is 19.4 Å². The highest BCUT2D eigenvalue weighted by Crippen LogP contribution is 2.36. The molecule has 2 unspecified atom stereocenters. The first kappa shape index (κ1) is 21.4. The smallest absolute Gasteiger partial charge is 0.333 e. The van der Waals surface area contributed by atoms with Crippen LogP contribution in [-0.2, 0) is 9.59 Å². The summed E-state index contributed by atoms with van der Waals surface area (Å²) >= 11 is 1.49. The summed E-state index contributed by atoms with van der Waals surface area (Å²) in [7, 11) is 2.93. The Hall–Kier alpha value is -2.82. The summed E-state index contributed by atoms with van der Waals surface area (Å²) in [5, 5.41) is -0.241. The highest BCUT2D eigenvalue weighted by molar-refractivity contribution is 7.99. The molecule has 2 atom stereocenters. The molecule has 1 aromatic carbocycles. The largest absolute Gasteiger partial charge is 0.338 e. The molecule has 1 aromatic rings. The molecule has 0 radical (unpaired) electrons. The van der Waals surface area contributed by atoms with Crippen LogP contribution < -0.4 is 0 Å². The van der Waals surface area contributed by atoms with Crippen LogP contribution in [0.3, 0.4) is 0 Å². The van der Waals surface area contributed by atoms with E-state index in [-0.39, 0.29) is 17.7 Å². The number of benzene rings is 1. The molecule has 4 rings (SSSR count). The van der Waals surface area contributed by atoms with Gasteiger partial charge in [0.05, 0.1) is 0 Å². The summed E-state index contributed by atoms with van der Waals surface area (Å²) in [6.45, 7) is 0.795. The maximum atomic E-state index is 14.2. The van der Waals surface area contributed by atoms with Crippen LogP contribution in [0.15, 0.2) is 23.2 Å². The molecule has 0 bridgehead atoms. The first-order valence-electron chi connectivity index (χ1n) is 9.84. The van der Waals surface area contributed by atoms with E-state index in [1.54, 1.807) is 4.90 Å². The Morgan fingerprint density at radius 3 is 2.77 bits per heavy atom. The monoisotopic (exact) mass is 450 g/mol. The number of thioether (sulfide) groups is 1. The zero-order chi connectivity index (χ0) is 22.3. The molecule has 2 saturated heterocycles. The third kappa shape index (κ3) is 3.93. The van der Waals surface area contributed by atoms with Crippen molar-refractivity contribution in [1.82, 2.24) is 14.7 Å². The molecule has 31 heavy (non-hydrogen) atoms. The van der Waals surface area contributed by atoms with Crippen molar-refractivity contribution in [3.05, 3.63) is 35.4 Å². The molecule has 0 N–H and O–H groups in total. The van der Waals surface area contributed by atoms with E-state index < -0.39 is 29.6 Å². The van der Waals surface area contributed by atoms with E-state index in [2.05, 4.69) is 4.99 Å². The van der Waals surface area contributed by atoms with Gasteiger partial charge in [-0.05, 0) is 29.6 Å². The van der Waals surface area contributed by atoms with Crippen molar-refractivity contribution < 1.29 is 27.7 Å². The predicted molar refractivity (Wildman–Crippen MR) is 111 cm³/mol. The van der Waals surface area contributed by atoms with Crippen molar-refractivity contribution >= 4 is 41.8 Å². The van der Waals surface area contributed by atoms with Crippen LogP contribution in [0, 0.1) is 11.6 Å². The van der Waals surface area contributed by atoms with Crippen LogP contribution in [0.5, 0.6) is 0 Å². The Morgan fingerprint density at radius 2 is 2.00 bits per heavy atom. The molecule has 0 saturated carbocycles. The number of rotatable bonds is 3. The number of fused-ring (bicyclic) bond motifs is 1. The first-order chi connectivity index (χ1) is 14.8. The Morgan fingerprint density at radius 1 is 1.23 bits per heavy atom. The number of aliphatic imine (C=N–C) groups is 1. The van der Waals surface area contributed by atoms with Crippen LogP contribution in [0.25, 0.3) is 0 Å². The lowest BCUT2D eigenvalue weighted by Gasteiger charge is -2.31. The first-order valence-corrected chi connectivity index (χ1v) is 10.9. The third-order valence-electron chi connectivity index (χ3n) is 5.71. The van der Waals surface area contributed by atoms with Crippen molar-refractivity contribution in [2.45, 2.75) is 17.7 Å². The summed E-state index contributed by atoms with van der Waals surface area (Å²) in [5.74, 6) is -0.678. The summed E-state index contributed by atoms with van der Waals surface area (Å²) in [4.78, 5) is 45.8. The molecule has 4 amide bonds. The molecule has 11 heteroatoms. The van der Waals surface area contributed by atoms with Gasteiger partial charge in [-0.15, -0.1) is 0 Å². The van der Waals surface area contributed by atoms with E-state index in [0.29, 0.717) is 36.7 Å². The minimum atomic E-state index is -0.813. The van der Waals surface area contributed by atoms with Crippen molar-refractivity contribution in [2.24, 2.45) is 4.99 Å². The number of carbonyl (C=O) groups excluding carboxylic acids is 3. The van der Waals surface area contributed by atoms with Crippen LogP contribution in [0.4, 0.5) is 13.6 Å².